The number of halogens is 1. The van der Waals surface area contributed by atoms with E-state index in [4.69, 9.17) is 16.3 Å². The second-order valence-corrected chi connectivity index (χ2v) is 6.72. The zero-order valence-corrected chi connectivity index (χ0v) is 14.8. The number of benzene rings is 2. The van der Waals surface area contributed by atoms with E-state index in [1.165, 1.54) is 4.90 Å². The predicted octanol–water partition coefficient (Wildman–Crippen LogP) is 4.24. The topological polar surface area (TPSA) is 38.3 Å². The van der Waals surface area contributed by atoms with Crippen LogP contribution in [0.15, 0.2) is 47.4 Å². The van der Waals surface area contributed by atoms with Crippen molar-refractivity contribution in [2.24, 2.45) is 0 Å². The number of hydrogen-bond donors (Lipinski definition) is 1. The predicted molar refractivity (Wildman–Crippen MR) is 96.6 cm³/mol. The summed E-state index contributed by atoms with van der Waals surface area (Å²) >= 11 is 7.82. The number of aryl methyl sites for hydroxylation is 2. The molecule has 23 heavy (non-hydrogen) atoms. The molecular weight excluding hydrogens is 330 g/mol. The molecule has 122 valence electrons. The van der Waals surface area contributed by atoms with Gasteiger partial charge in [-0.2, -0.15) is 0 Å². The first kappa shape index (κ1) is 17.7. The summed E-state index contributed by atoms with van der Waals surface area (Å²) in [4.78, 5) is 13.0. The Hall–Kier alpha value is -1.65. The van der Waals surface area contributed by atoms with Gasteiger partial charge in [0.2, 0.25) is 0 Å². The molecule has 0 fully saturated rings. The molecule has 0 radical (unpaired) electrons. The lowest BCUT2D eigenvalue weighted by molar-refractivity contribution is -0.122. The summed E-state index contributed by atoms with van der Waals surface area (Å²) in [5.74, 6) is 1.37. The van der Waals surface area contributed by atoms with Gasteiger partial charge in [-0.05, 0) is 49.2 Å². The standard InChI is InChI=1S/C18H20ClNO2S/c1-13-10-15(11-14(2)18(13)19)22-12-17(21)20-8-9-23-16-6-4-3-5-7-16/h3-7,10-11H,8-9,12H2,1-2H3,(H,20,21). The Bertz CT molecular complexity index is 638. The fourth-order valence-electron chi connectivity index (χ4n) is 2.07. The summed E-state index contributed by atoms with van der Waals surface area (Å²) in [6.45, 7) is 4.46. The maximum Gasteiger partial charge on any atom is 0.257 e. The van der Waals surface area contributed by atoms with Crippen LogP contribution in [0.2, 0.25) is 5.02 Å². The molecule has 0 bridgehead atoms. The Labute approximate surface area is 146 Å². The van der Waals surface area contributed by atoms with Crippen LogP contribution < -0.4 is 10.1 Å². The molecular formula is C18H20ClNO2S. The minimum atomic E-state index is -0.121. The maximum absolute atomic E-state index is 11.8. The highest BCUT2D eigenvalue weighted by molar-refractivity contribution is 7.99. The highest BCUT2D eigenvalue weighted by atomic mass is 35.5. The molecule has 0 heterocycles. The Morgan fingerprint density at radius 2 is 1.83 bits per heavy atom. The summed E-state index contributed by atoms with van der Waals surface area (Å²) in [6, 6.07) is 13.8. The number of rotatable bonds is 7. The van der Waals surface area contributed by atoms with Gasteiger partial charge >= 0.3 is 0 Å². The van der Waals surface area contributed by atoms with Gasteiger partial charge in [0, 0.05) is 22.2 Å². The van der Waals surface area contributed by atoms with E-state index in [1.54, 1.807) is 11.8 Å². The number of nitrogens with one attached hydrogen (secondary N) is 1. The number of ether oxygens (including phenoxy) is 1. The molecule has 1 N–H and O–H groups in total. The lowest BCUT2D eigenvalue weighted by Gasteiger charge is -2.10. The minimum absolute atomic E-state index is 0.0104. The summed E-state index contributed by atoms with van der Waals surface area (Å²) in [5, 5.41) is 3.59. The SMILES string of the molecule is Cc1cc(OCC(=O)NCCSc2ccccc2)cc(C)c1Cl. The van der Waals surface area contributed by atoms with Crippen LogP contribution in [0, 0.1) is 13.8 Å². The second kappa shape index (κ2) is 8.85. The van der Waals surface area contributed by atoms with E-state index < -0.39 is 0 Å². The first-order chi connectivity index (χ1) is 11.1. The fraction of sp³-hybridized carbons (Fsp3) is 0.278. The Morgan fingerprint density at radius 1 is 1.17 bits per heavy atom. The largest absolute Gasteiger partial charge is 0.484 e. The first-order valence-electron chi connectivity index (χ1n) is 7.40. The van der Waals surface area contributed by atoms with Crippen molar-refractivity contribution in [2.45, 2.75) is 18.7 Å². The summed E-state index contributed by atoms with van der Waals surface area (Å²) in [5.41, 5.74) is 1.89. The maximum atomic E-state index is 11.8. The van der Waals surface area contributed by atoms with E-state index in [0.29, 0.717) is 12.3 Å². The van der Waals surface area contributed by atoms with Crippen LogP contribution in [0.3, 0.4) is 0 Å². The highest BCUT2D eigenvalue weighted by Gasteiger charge is 2.06. The van der Waals surface area contributed by atoms with Gasteiger partial charge in [-0.25, -0.2) is 0 Å². The molecule has 0 spiro atoms. The zero-order chi connectivity index (χ0) is 16.7. The molecule has 0 atom stereocenters. The molecule has 0 aromatic heterocycles. The van der Waals surface area contributed by atoms with Crippen LogP contribution in [0.25, 0.3) is 0 Å². The molecule has 2 aromatic rings. The van der Waals surface area contributed by atoms with Crippen molar-refractivity contribution in [1.82, 2.24) is 5.32 Å². The van der Waals surface area contributed by atoms with Gasteiger partial charge in [0.05, 0.1) is 0 Å². The average Bonchev–Trinajstić information content (AvgIpc) is 2.55. The molecule has 0 aliphatic heterocycles. The molecule has 0 saturated heterocycles. The van der Waals surface area contributed by atoms with E-state index in [-0.39, 0.29) is 12.5 Å². The highest BCUT2D eigenvalue weighted by Crippen LogP contribution is 2.25. The van der Waals surface area contributed by atoms with Crippen LogP contribution in [0.1, 0.15) is 11.1 Å². The second-order valence-electron chi connectivity index (χ2n) is 5.17. The number of carbonyl (C=O) groups is 1. The number of hydrogen-bond acceptors (Lipinski definition) is 3. The third-order valence-electron chi connectivity index (χ3n) is 3.22. The van der Waals surface area contributed by atoms with Gasteiger partial charge in [0.15, 0.2) is 6.61 Å². The third kappa shape index (κ3) is 5.81. The van der Waals surface area contributed by atoms with Crippen LogP contribution in [0.4, 0.5) is 0 Å². The number of carbonyl (C=O) groups excluding carboxylic acids is 1. The smallest absolute Gasteiger partial charge is 0.257 e. The molecule has 0 saturated carbocycles. The lowest BCUT2D eigenvalue weighted by Crippen LogP contribution is -2.30. The van der Waals surface area contributed by atoms with Crippen LogP contribution in [-0.4, -0.2) is 24.8 Å². The molecule has 0 aliphatic carbocycles. The van der Waals surface area contributed by atoms with Crippen molar-refractivity contribution < 1.29 is 9.53 Å². The van der Waals surface area contributed by atoms with Gasteiger partial charge in [-0.1, -0.05) is 29.8 Å². The quantitative estimate of drug-likeness (QED) is 0.600. The van der Waals surface area contributed by atoms with Crippen molar-refractivity contribution in [2.75, 3.05) is 18.9 Å². The van der Waals surface area contributed by atoms with E-state index in [1.807, 2.05) is 44.2 Å². The van der Waals surface area contributed by atoms with Crippen molar-refractivity contribution >= 4 is 29.3 Å². The summed E-state index contributed by atoms with van der Waals surface area (Å²) in [7, 11) is 0. The van der Waals surface area contributed by atoms with Crippen LogP contribution in [0.5, 0.6) is 5.75 Å². The van der Waals surface area contributed by atoms with Crippen LogP contribution >= 0.6 is 23.4 Å². The van der Waals surface area contributed by atoms with Crippen molar-refractivity contribution in [3.63, 3.8) is 0 Å². The molecule has 5 heteroatoms. The van der Waals surface area contributed by atoms with E-state index in [0.717, 1.165) is 21.9 Å². The summed E-state index contributed by atoms with van der Waals surface area (Å²) < 4.78 is 5.52. The monoisotopic (exact) mass is 349 g/mol. The Balaban J connectivity index is 1.69. The van der Waals surface area contributed by atoms with E-state index >= 15 is 0 Å². The summed E-state index contributed by atoms with van der Waals surface area (Å²) in [6.07, 6.45) is 0. The Morgan fingerprint density at radius 3 is 2.48 bits per heavy atom. The lowest BCUT2D eigenvalue weighted by atomic mass is 10.1. The van der Waals surface area contributed by atoms with Crippen molar-refractivity contribution in [3.05, 3.63) is 58.6 Å². The molecule has 0 aliphatic rings. The normalized spacial score (nSPS) is 10.4. The molecule has 1 amide bonds. The fourth-order valence-corrected chi connectivity index (χ4v) is 2.96. The number of amides is 1. The average molecular weight is 350 g/mol. The van der Waals surface area contributed by atoms with Gasteiger partial charge in [-0.15, -0.1) is 11.8 Å². The zero-order valence-electron chi connectivity index (χ0n) is 13.3. The van der Waals surface area contributed by atoms with Crippen molar-refractivity contribution in [3.8, 4) is 5.75 Å². The third-order valence-corrected chi connectivity index (χ3v) is 4.83. The molecule has 3 nitrogen and oxygen atoms in total. The van der Waals surface area contributed by atoms with Gasteiger partial charge in [-0.3, -0.25) is 4.79 Å². The van der Waals surface area contributed by atoms with E-state index in [2.05, 4.69) is 17.4 Å². The minimum Gasteiger partial charge on any atom is -0.484 e. The van der Waals surface area contributed by atoms with Gasteiger partial charge < -0.3 is 10.1 Å². The first-order valence-corrected chi connectivity index (χ1v) is 8.76. The van der Waals surface area contributed by atoms with Crippen molar-refractivity contribution in [1.29, 1.82) is 0 Å². The number of thioether (sulfide) groups is 1. The molecule has 2 rings (SSSR count). The molecule has 0 unspecified atom stereocenters. The Kier molecular flexibility index (Phi) is 6.81. The van der Waals surface area contributed by atoms with Gasteiger partial charge in [0.25, 0.3) is 5.91 Å². The molecule has 2 aromatic carbocycles. The van der Waals surface area contributed by atoms with Gasteiger partial charge in [0.1, 0.15) is 5.75 Å². The van der Waals surface area contributed by atoms with Crippen LogP contribution in [-0.2, 0) is 4.79 Å². The van der Waals surface area contributed by atoms with E-state index in [9.17, 15) is 4.79 Å².